The van der Waals surface area contributed by atoms with Crippen LogP contribution in [0.5, 0.6) is 5.75 Å². The summed E-state index contributed by atoms with van der Waals surface area (Å²) < 4.78 is 5.89. The SMILES string of the molecule is CC(C)(C)OC(=O)NCC(N)c1cc(O)ccc1Br. The van der Waals surface area contributed by atoms with Gasteiger partial charge in [0.25, 0.3) is 0 Å². The predicted octanol–water partition coefficient (Wildman–Crippen LogP) is 2.68. The molecule has 1 aromatic carbocycles. The molecule has 1 aromatic rings. The molecule has 0 spiro atoms. The van der Waals surface area contributed by atoms with Crippen LogP contribution in [0.4, 0.5) is 4.79 Å². The lowest BCUT2D eigenvalue weighted by Gasteiger charge is -2.21. The lowest BCUT2D eigenvalue weighted by molar-refractivity contribution is 0.0524. The molecule has 0 fully saturated rings. The number of rotatable bonds is 3. The molecule has 5 nitrogen and oxygen atoms in total. The van der Waals surface area contributed by atoms with Gasteiger partial charge >= 0.3 is 6.09 Å². The molecule has 0 saturated heterocycles. The summed E-state index contributed by atoms with van der Waals surface area (Å²) in [7, 11) is 0. The van der Waals surface area contributed by atoms with E-state index in [0.29, 0.717) is 0 Å². The van der Waals surface area contributed by atoms with Crippen molar-refractivity contribution in [3.8, 4) is 5.75 Å². The molecule has 6 heteroatoms. The van der Waals surface area contributed by atoms with Gasteiger partial charge in [-0.3, -0.25) is 0 Å². The first-order chi connectivity index (χ1) is 8.69. The normalized spacial score (nSPS) is 12.9. The number of benzene rings is 1. The molecule has 0 aliphatic carbocycles. The van der Waals surface area contributed by atoms with Gasteiger partial charge in [-0.1, -0.05) is 15.9 Å². The van der Waals surface area contributed by atoms with E-state index < -0.39 is 17.7 Å². The lowest BCUT2D eigenvalue weighted by atomic mass is 10.1. The molecule has 1 rings (SSSR count). The van der Waals surface area contributed by atoms with Gasteiger partial charge in [0.1, 0.15) is 11.4 Å². The Morgan fingerprint density at radius 3 is 2.74 bits per heavy atom. The molecule has 4 N–H and O–H groups in total. The zero-order valence-corrected chi connectivity index (χ0v) is 12.8. The summed E-state index contributed by atoms with van der Waals surface area (Å²) >= 11 is 3.35. The fraction of sp³-hybridized carbons (Fsp3) is 0.462. The Balaban J connectivity index is 2.58. The fourth-order valence-electron chi connectivity index (χ4n) is 1.43. The summed E-state index contributed by atoms with van der Waals surface area (Å²) in [6.45, 7) is 5.59. The number of ether oxygens (including phenoxy) is 1. The van der Waals surface area contributed by atoms with Crippen LogP contribution in [0.2, 0.25) is 0 Å². The number of phenols is 1. The Morgan fingerprint density at radius 1 is 1.53 bits per heavy atom. The first kappa shape index (κ1) is 15.8. The highest BCUT2D eigenvalue weighted by atomic mass is 79.9. The van der Waals surface area contributed by atoms with E-state index in [1.165, 1.54) is 0 Å². The van der Waals surface area contributed by atoms with E-state index >= 15 is 0 Å². The van der Waals surface area contributed by atoms with E-state index in [4.69, 9.17) is 10.5 Å². The maximum absolute atomic E-state index is 11.5. The average Bonchev–Trinajstić information content (AvgIpc) is 2.27. The van der Waals surface area contributed by atoms with Gasteiger partial charge in [-0.25, -0.2) is 4.79 Å². The van der Waals surface area contributed by atoms with Crippen LogP contribution >= 0.6 is 15.9 Å². The minimum atomic E-state index is -0.542. The Morgan fingerprint density at radius 2 is 2.16 bits per heavy atom. The summed E-state index contributed by atoms with van der Waals surface area (Å²) in [4.78, 5) is 11.5. The van der Waals surface area contributed by atoms with Gasteiger partial charge in [0.15, 0.2) is 0 Å². The van der Waals surface area contributed by atoms with Crippen molar-refractivity contribution >= 4 is 22.0 Å². The number of hydrogen-bond acceptors (Lipinski definition) is 4. The number of carbonyl (C=O) groups excluding carboxylic acids is 1. The molecule has 1 amide bonds. The van der Waals surface area contributed by atoms with Crippen LogP contribution in [0.25, 0.3) is 0 Å². The largest absolute Gasteiger partial charge is 0.508 e. The summed E-state index contributed by atoms with van der Waals surface area (Å²) in [6, 6.07) is 4.39. The topological polar surface area (TPSA) is 84.6 Å². The number of halogens is 1. The van der Waals surface area contributed by atoms with Crippen molar-refractivity contribution in [2.75, 3.05) is 6.54 Å². The van der Waals surface area contributed by atoms with E-state index in [1.807, 2.05) is 0 Å². The van der Waals surface area contributed by atoms with Crippen LogP contribution in [0.15, 0.2) is 22.7 Å². The van der Waals surface area contributed by atoms with E-state index in [9.17, 15) is 9.90 Å². The van der Waals surface area contributed by atoms with Gasteiger partial charge in [-0.2, -0.15) is 0 Å². The molecule has 0 aliphatic rings. The van der Waals surface area contributed by atoms with Crippen molar-refractivity contribution in [1.82, 2.24) is 5.32 Å². The molecule has 1 atom stereocenters. The van der Waals surface area contributed by atoms with Crippen LogP contribution in [-0.2, 0) is 4.74 Å². The molecule has 0 radical (unpaired) electrons. The van der Waals surface area contributed by atoms with Crippen LogP contribution in [0.1, 0.15) is 32.4 Å². The van der Waals surface area contributed by atoms with E-state index in [1.54, 1.807) is 39.0 Å². The molecular weight excluding hydrogens is 312 g/mol. The van der Waals surface area contributed by atoms with Gasteiger partial charge in [0, 0.05) is 17.1 Å². The monoisotopic (exact) mass is 330 g/mol. The van der Waals surface area contributed by atoms with Crippen molar-refractivity contribution < 1.29 is 14.6 Å². The van der Waals surface area contributed by atoms with Crippen LogP contribution in [-0.4, -0.2) is 23.3 Å². The van der Waals surface area contributed by atoms with Crippen LogP contribution in [0, 0.1) is 0 Å². The average molecular weight is 331 g/mol. The zero-order valence-electron chi connectivity index (χ0n) is 11.2. The molecule has 0 saturated carbocycles. The summed E-state index contributed by atoms with van der Waals surface area (Å²) in [5.41, 5.74) is 6.14. The van der Waals surface area contributed by atoms with Crippen molar-refractivity contribution in [1.29, 1.82) is 0 Å². The van der Waals surface area contributed by atoms with E-state index in [-0.39, 0.29) is 12.3 Å². The molecule has 106 valence electrons. The van der Waals surface area contributed by atoms with Crippen molar-refractivity contribution in [2.45, 2.75) is 32.4 Å². The van der Waals surface area contributed by atoms with Gasteiger partial charge in [-0.05, 0) is 44.5 Å². The Hall–Kier alpha value is -1.27. The smallest absolute Gasteiger partial charge is 0.407 e. The second kappa shape index (κ2) is 6.25. The number of nitrogens with two attached hydrogens (primary N) is 1. The Labute approximate surface area is 121 Å². The number of amides is 1. The third-order valence-electron chi connectivity index (χ3n) is 2.24. The minimum Gasteiger partial charge on any atom is -0.508 e. The number of alkyl carbamates (subject to hydrolysis) is 1. The summed E-state index contributed by atoms with van der Waals surface area (Å²) in [5, 5.41) is 12.0. The van der Waals surface area contributed by atoms with E-state index in [2.05, 4.69) is 21.2 Å². The number of aromatic hydroxyl groups is 1. The van der Waals surface area contributed by atoms with Crippen molar-refractivity contribution in [3.05, 3.63) is 28.2 Å². The molecule has 1 unspecified atom stereocenters. The van der Waals surface area contributed by atoms with Gasteiger partial charge in [0.05, 0.1) is 0 Å². The quantitative estimate of drug-likeness (QED) is 0.795. The highest BCUT2D eigenvalue weighted by Gasteiger charge is 2.17. The Bertz CT molecular complexity index is 458. The first-order valence-electron chi connectivity index (χ1n) is 5.90. The van der Waals surface area contributed by atoms with Gasteiger partial charge < -0.3 is 20.9 Å². The number of nitrogens with one attached hydrogen (secondary N) is 1. The lowest BCUT2D eigenvalue weighted by Crippen LogP contribution is -2.36. The van der Waals surface area contributed by atoms with Crippen molar-refractivity contribution in [2.24, 2.45) is 5.73 Å². The molecule has 0 aliphatic heterocycles. The third kappa shape index (κ3) is 5.48. The highest BCUT2D eigenvalue weighted by Crippen LogP contribution is 2.25. The van der Waals surface area contributed by atoms with Crippen LogP contribution in [0.3, 0.4) is 0 Å². The minimum absolute atomic E-state index is 0.130. The van der Waals surface area contributed by atoms with E-state index in [0.717, 1.165) is 10.0 Å². The standard InChI is InChI=1S/C13H19BrN2O3/c1-13(2,3)19-12(18)16-7-11(15)9-6-8(17)4-5-10(9)14/h4-6,11,17H,7,15H2,1-3H3,(H,16,18). The number of hydrogen-bond donors (Lipinski definition) is 3. The zero-order chi connectivity index (χ0) is 14.6. The Kier molecular flexibility index (Phi) is 5.20. The van der Waals surface area contributed by atoms with Gasteiger partial charge in [0.2, 0.25) is 0 Å². The molecule has 0 heterocycles. The number of carbonyl (C=O) groups is 1. The summed E-state index contributed by atoms with van der Waals surface area (Å²) in [6.07, 6.45) is -0.515. The second-order valence-electron chi connectivity index (χ2n) is 5.20. The third-order valence-corrected chi connectivity index (χ3v) is 2.97. The highest BCUT2D eigenvalue weighted by molar-refractivity contribution is 9.10. The maximum Gasteiger partial charge on any atom is 0.407 e. The second-order valence-corrected chi connectivity index (χ2v) is 6.05. The fourth-order valence-corrected chi connectivity index (χ4v) is 1.97. The molecular formula is C13H19BrN2O3. The molecule has 0 aromatic heterocycles. The summed E-state index contributed by atoms with van der Waals surface area (Å²) in [5.74, 6) is 0.130. The number of phenolic OH excluding ortho intramolecular Hbond substituents is 1. The first-order valence-corrected chi connectivity index (χ1v) is 6.69. The molecule has 19 heavy (non-hydrogen) atoms. The molecule has 0 bridgehead atoms. The van der Waals surface area contributed by atoms with Crippen molar-refractivity contribution in [3.63, 3.8) is 0 Å². The maximum atomic E-state index is 11.5. The van der Waals surface area contributed by atoms with Crippen LogP contribution < -0.4 is 11.1 Å². The van der Waals surface area contributed by atoms with Gasteiger partial charge in [-0.15, -0.1) is 0 Å². The predicted molar refractivity (Wildman–Crippen MR) is 77.0 cm³/mol.